The van der Waals surface area contributed by atoms with E-state index in [9.17, 15) is 0 Å². The van der Waals surface area contributed by atoms with Crippen LogP contribution >= 0.6 is 0 Å². The molecule has 0 radical (unpaired) electrons. The van der Waals surface area contributed by atoms with Crippen LogP contribution in [0.2, 0.25) is 0 Å². The van der Waals surface area contributed by atoms with E-state index in [4.69, 9.17) is 5.73 Å². The fraction of sp³-hybridized carbons (Fsp3) is 0.364. The molecule has 2 aromatic heterocycles. The second kappa shape index (κ2) is 3.92. The van der Waals surface area contributed by atoms with Gasteiger partial charge in [0.2, 0.25) is 5.95 Å². The van der Waals surface area contributed by atoms with Crippen molar-refractivity contribution in [2.75, 3.05) is 5.73 Å². The number of nitrogens with zero attached hydrogens (tertiary/aromatic N) is 4. The van der Waals surface area contributed by atoms with Crippen LogP contribution in [0.1, 0.15) is 23.9 Å². The third-order valence-corrected chi connectivity index (χ3v) is 2.67. The Morgan fingerprint density at radius 1 is 1.38 bits per heavy atom. The molecule has 2 aromatic rings. The lowest BCUT2D eigenvalue weighted by atomic mass is 10.1. The summed E-state index contributed by atoms with van der Waals surface area (Å²) in [5.41, 5.74) is 8.97. The van der Waals surface area contributed by atoms with Crippen molar-refractivity contribution in [2.45, 2.75) is 27.2 Å². The van der Waals surface area contributed by atoms with Gasteiger partial charge >= 0.3 is 0 Å². The molecule has 84 valence electrons. The smallest absolute Gasteiger partial charge is 0.221 e. The Morgan fingerprint density at radius 3 is 2.69 bits per heavy atom. The first-order valence-corrected chi connectivity index (χ1v) is 5.27. The van der Waals surface area contributed by atoms with Crippen LogP contribution in [0, 0.1) is 13.8 Å². The lowest BCUT2D eigenvalue weighted by molar-refractivity contribution is 0.802. The second-order valence-corrected chi connectivity index (χ2v) is 3.69. The molecule has 0 fully saturated rings. The predicted molar refractivity (Wildman–Crippen MR) is 62.4 cm³/mol. The van der Waals surface area contributed by atoms with Gasteiger partial charge in [-0.3, -0.25) is 0 Å². The van der Waals surface area contributed by atoms with Gasteiger partial charge in [-0.1, -0.05) is 6.92 Å². The number of rotatable bonds is 2. The molecule has 16 heavy (non-hydrogen) atoms. The molecule has 0 atom stereocenters. The lowest BCUT2D eigenvalue weighted by Crippen LogP contribution is -2.05. The van der Waals surface area contributed by atoms with E-state index in [0.717, 1.165) is 17.8 Å². The average molecular weight is 217 g/mol. The van der Waals surface area contributed by atoms with E-state index in [-0.39, 0.29) is 5.95 Å². The number of hydrogen-bond donors (Lipinski definition) is 1. The Hall–Kier alpha value is -1.91. The van der Waals surface area contributed by atoms with Crippen molar-refractivity contribution in [3.8, 4) is 5.82 Å². The van der Waals surface area contributed by atoms with Crippen molar-refractivity contribution in [3.63, 3.8) is 0 Å². The Morgan fingerprint density at radius 2 is 2.12 bits per heavy atom. The third kappa shape index (κ3) is 1.64. The van der Waals surface area contributed by atoms with E-state index in [1.165, 1.54) is 5.56 Å². The molecule has 0 aromatic carbocycles. The highest BCUT2D eigenvalue weighted by Gasteiger charge is 2.11. The van der Waals surface area contributed by atoms with Crippen LogP contribution in [0.25, 0.3) is 5.82 Å². The first-order chi connectivity index (χ1) is 7.63. The molecule has 2 rings (SSSR count). The molecule has 0 saturated carbocycles. The molecule has 5 nitrogen and oxygen atoms in total. The van der Waals surface area contributed by atoms with Crippen molar-refractivity contribution < 1.29 is 0 Å². The van der Waals surface area contributed by atoms with Gasteiger partial charge in [-0.25, -0.2) is 9.67 Å². The topological polar surface area (TPSA) is 69.6 Å². The molecular weight excluding hydrogens is 202 g/mol. The van der Waals surface area contributed by atoms with Crippen LogP contribution in [-0.4, -0.2) is 19.7 Å². The highest BCUT2D eigenvalue weighted by atomic mass is 15.3. The van der Waals surface area contributed by atoms with Crippen LogP contribution in [-0.2, 0) is 6.42 Å². The summed E-state index contributed by atoms with van der Waals surface area (Å²) in [6, 6.07) is 1.80. The number of aryl methyl sites for hydroxylation is 1. The van der Waals surface area contributed by atoms with Gasteiger partial charge in [0.15, 0.2) is 5.82 Å². The monoisotopic (exact) mass is 217 g/mol. The maximum Gasteiger partial charge on any atom is 0.221 e. The summed E-state index contributed by atoms with van der Waals surface area (Å²) in [4.78, 5) is 8.03. The van der Waals surface area contributed by atoms with Crippen LogP contribution in [0.4, 0.5) is 5.95 Å². The Bertz CT molecular complexity index is 515. The molecular formula is C11H15N5. The minimum absolute atomic E-state index is 0.267. The number of nitrogens with two attached hydrogens (primary N) is 1. The molecule has 0 aliphatic rings. The summed E-state index contributed by atoms with van der Waals surface area (Å²) < 4.78 is 1.81. The number of aromatic nitrogens is 4. The minimum atomic E-state index is 0.267. The SMILES string of the molecule is CCc1c(C)nn(-c2ccnc(N)n2)c1C. The van der Waals surface area contributed by atoms with Crippen molar-refractivity contribution in [3.05, 3.63) is 29.2 Å². The average Bonchev–Trinajstić information content (AvgIpc) is 2.54. The quantitative estimate of drug-likeness (QED) is 0.826. The number of hydrogen-bond acceptors (Lipinski definition) is 4. The maximum absolute atomic E-state index is 5.56. The van der Waals surface area contributed by atoms with E-state index in [0.29, 0.717) is 5.82 Å². The van der Waals surface area contributed by atoms with Gasteiger partial charge in [-0.15, -0.1) is 0 Å². The molecule has 5 heteroatoms. The Labute approximate surface area is 94.3 Å². The fourth-order valence-electron chi connectivity index (χ4n) is 1.89. The van der Waals surface area contributed by atoms with Gasteiger partial charge < -0.3 is 5.73 Å². The molecule has 0 unspecified atom stereocenters. The van der Waals surface area contributed by atoms with Gasteiger partial charge in [0.05, 0.1) is 5.69 Å². The van der Waals surface area contributed by atoms with Gasteiger partial charge in [-0.05, 0) is 25.8 Å². The van der Waals surface area contributed by atoms with E-state index < -0.39 is 0 Å². The van der Waals surface area contributed by atoms with Gasteiger partial charge in [-0.2, -0.15) is 10.1 Å². The molecule has 0 spiro atoms. The molecule has 0 aliphatic heterocycles. The van der Waals surface area contributed by atoms with Crippen LogP contribution in [0.15, 0.2) is 12.3 Å². The third-order valence-electron chi connectivity index (χ3n) is 2.67. The number of anilines is 1. The Kier molecular flexibility index (Phi) is 2.60. The van der Waals surface area contributed by atoms with E-state index in [1.54, 1.807) is 12.3 Å². The normalized spacial score (nSPS) is 10.7. The summed E-state index contributed by atoms with van der Waals surface area (Å²) in [5.74, 6) is 0.982. The van der Waals surface area contributed by atoms with Crippen LogP contribution in [0.3, 0.4) is 0 Å². The standard InChI is InChI=1S/C11H15N5/c1-4-9-7(2)15-16(8(9)3)10-5-6-13-11(12)14-10/h5-6H,4H2,1-3H3,(H2,12,13,14). The van der Waals surface area contributed by atoms with Crippen molar-refractivity contribution in [2.24, 2.45) is 0 Å². The van der Waals surface area contributed by atoms with E-state index in [1.807, 2.05) is 18.5 Å². The summed E-state index contributed by atoms with van der Waals surface area (Å²) in [5, 5.41) is 4.46. The van der Waals surface area contributed by atoms with Gasteiger partial charge in [0.25, 0.3) is 0 Å². The first kappa shape index (κ1) is 10.6. The van der Waals surface area contributed by atoms with Crippen molar-refractivity contribution in [1.82, 2.24) is 19.7 Å². The molecule has 0 bridgehead atoms. The van der Waals surface area contributed by atoms with Gasteiger partial charge in [0.1, 0.15) is 0 Å². The predicted octanol–water partition coefficient (Wildman–Crippen LogP) is 1.42. The molecule has 2 heterocycles. The largest absolute Gasteiger partial charge is 0.368 e. The zero-order valence-electron chi connectivity index (χ0n) is 9.73. The zero-order chi connectivity index (χ0) is 11.7. The van der Waals surface area contributed by atoms with Crippen molar-refractivity contribution in [1.29, 1.82) is 0 Å². The molecule has 0 aliphatic carbocycles. The molecule has 0 saturated heterocycles. The van der Waals surface area contributed by atoms with Crippen LogP contribution < -0.4 is 5.73 Å². The van der Waals surface area contributed by atoms with E-state index in [2.05, 4.69) is 22.0 Å². The Balaban J connectivity index is 2.56. The fourth-order valence-corrected chi connectivity index (χ4v) is 1.89. The summed E-state index contributed by atoms with van der Waals surface area (Å²) in [7, 11) is 0. The lowest BCUT2D eigenvalue weighted by Gasteiger charge is -2.03. The summed E-state index contributed by atoms with van der Waals surface area (Å²) in [6.45, 7) is 6.17. The van der Waals surface area contributed by atoms with E-state index >= 15 is 0 Å². The second-order valence-electron chi connectivity index (χ2n) is 3.69. The van der Waals surface area contributed by atoms with Gasteiger partial charge in [0, 0.05) is 18.0 Å². The summed E-state index contributed by atoms with van der Waals surface area (Å²) in [6.07, 6.45) is 2.61. The summed E-state index contributed by atoms with van der Waals surface area (Å²) >= 11 is 0. The minimum Gasteiger partial charge on any atom is -0.368 e. The first-order valence-electron chi connectivity index (χ1n) is 5.27. The zero-order valence-corrected chi connectivity index (χ0v) is 9.73. The van der Waals surface area contributed by atoms with Crippen molar-refractivity contribution >= 4 is 5.95 Å². The molecule has 0 amide bonds. The van der Waals surface area contributed by atoms with Crippen LogP contribution in [0.5, 0.6) is 0 Å². The maximum atomic E-state index is 5.56. The molecule has 2 N–H and O–H groups in total. The highest BCUT2D eigenvalue weighted by Crippen LogP contribution is 2.16. The number of nitrogen functional groups attached to an aromatic ring is 1. The highest BCUT2D eigenvalue weighted by molar-refractivity contribution is 5.34.